The van der Waals surface area contributed by atoms with Crippen molar-refractivity contribution in [1.82, 2.24) is 10.3 Å². The molecule has 0 radical (unpaired) electrons. The summed E-state index contributed by atoms with van der Waals surface area (Å²) in [5.74, 6) is -1.29. The number of aliphatic carboxylic acids is 1. The van der Waals surface area contributed by atoms with Crippen molar-refractivity contribution in [3.05, 3.63) is 29.6 Å². The minimum atomic E-state index is -0.904. The summed E-state index contributed by atoms with van der Waals surface area (Å²) in [6.45, 7) is 3.50. The number of rotatable bonds is 5. The molecular formula is C13H15N3O3. The molecule has 0 aliphatic heterocycles. The van der Waals surface area contributed by atoms with Gasteiger partial charge in [-0.1, -0.05) is 0 Å². The van der Waals surface area contributed by atoms with Crippen LogP contribution < -0.4 is 5.32 Å². The van der Waals surface area contributed by atoms with Crippen molar-refractivity contribution in [3.8, 4) is 6.07 Å². The van der Waals surface area contributed by atoms with Crippen molar-refractivity contribution in [3.63, 3.8) is 0 Å². The van der Waals surface area contributed by atoms with Crippen LogP contribution in [0.5, 0.6) is 0 Å². The van der Waals surface area contributed by atoms with Crippen molar-refractivity contribution in [2.45, 2.75) is 32.2 Å². The lowest BCUT2D eigenvalue weighted by molar-refractivity contribution is -0.137. The molecule has 1 aromatic rings. The Balaban J connectivity index is 2.67. The summed E-state index contributed by atoms with van der Waals surface area (Å²) in [5, 5.41) is 20.0. The summed E-state index contributed by atoms with van der Waals surface area (Å²) in [5.41, 5.74) is -0.0606. The first-order chi connectivity index (χ1) is 8.84. The van der Waals surface area contributed by atoms with Gasteiger partial charge >= 0.3 is 5.97 Å². The van der Waals surface area contributed by atoms with E-state index in [0.29, 0.717) is 12.0 Å². The third kappa shape index (κ3) is 4.76. The van der Waals surface area contributed by atoms with E-state index in [1.54, 1.807) is 13.8 Å². The maximum absolute atomic E-state index is 11.9. The molecule has 0 aromatic carbocycles. The van der Waals surface area contributed by atoms with Crippen molar-refractivity contribution < 1.29 is 14.7 Å². The Morgan fingerprint density at radius 3 is 2.63 bits per heavy atom. The van der Waals surface area contributed by atoms with Gasteiger partial charge in [0, 0.05) is 18.2 Å². The van der Waals surface area contributed by atoms with E-state index in [1.165, 1.54) is 18.3 Å². The molecule has 1 heterocycles. The molecule has 0 spiro atoms. The van der Waals surface area contributed by atoms with E-state index < -0.39 is 11.5 Å². The molecule has 1 aromatic heterocycles. The van der Waals surface area contributed by atoms with Gasteiger partial charge in [0.1, 0.15) is 11.8 Å². The van der Waals surface area contributed by atoms with Crippen LogP contribution in [0.3, 0.4) is 0 Å². The first-order valence-electron chi connectivity index (χ1n) is 5.74. The fourth-order valence-corrected chi connectivity index (χ4v) is 1.45. The molecule has 100 valence electrons. The average molecular weight is 261 g/mol. The summed E-state index contributed by atoms with van der Waals surface area (Å²) < 4.78 is 0. The van der Waals surface area contributed by atoms with Crippen LogP contribution in [0.2, 0.25) is 0 Å². The van der Waals surface area contributed by atoms with Gasteiger partial charge in [-0.2, -0.15) is 5.26 Å². The van der Waals surface area contributed by atoms with Crippen LogP contribution in [0.1, 0.15) is 42.7 Å². The Morgan fingerprint density at radius 1 is 1.47 bits per heavy atom. The monoisotopic (exact) mass is 261 g/mol. The molecule has 0 fully saturated rings. The Bertz CT molecular complexity index is 515. The fraction of sp³-hybridized carbons (Fsp3) is 0.385. The van der Waals surface area contributed by atoms with Crippen LogP contribution in [0, 0.1) is 11.3 Å². The molecule has 19 heavy (non-hydrogen) atoms. The SMILES string of the molecule is CC(C)(CCC(=O)O)NC(=O)c1ccc(C#N)cn1. The highest BCUT2D eigenvalue weighted by Crippen LogP contribution is 2.12. The number of nitrogens with one attached hydrogen (secondary N) is 1. The van der Waals surface area contributed by atoms with Crippen LogP contribution in [-0.4, -0.2) is 27.5 Å². The zero-order valence-electron chi connectivity index (χ0n) is 10.8. The molecule has 6 nitrogen and oxygen atoms in total. The van der Waals surface area contributed by atoms with Crippen LogP contribution in [-0.2, 0) is 4.79 Å². The number of hydrogen-bond acceptors (Lipinski definition) is 4. The van der Waals surface area contributed by atoms with Gasteiger partial charge in [0.25, 0.3) is 5.91 Å². The Morgan fingerprint density at radius 2 is 2.16 bits per heavy atom. The average Bonchev–Trinajstić information content (AvgIpc) is 2.36. The number of hydrogen-bond donors (Lipinski definition) is 2. The number of amides is 1. The lowest BCUT2D eigenvalue weighted by Gasteiger charge is -2.25. The maximum atomic E-state index is 11.9. The molecule has 1 amide bonds. The first kappa shape index (κ1) is 14.6. The lowest BCUT2D eigenvalue weighted by Crippen LogP contribution is -2.44. The number of aromatic nitrogens is 1. The van der Waals surface area contributed by atoms with Crippen molar-refractivity contribution in [1.29, 1.82) is 5.26 Å². The minimum Gasteiger partial charge on any atom is -0.481 e. The van der Waals surface area contributed by atoms with Gasteiger partial charge < -0.3 is 10.4 Å². The summed E-state index contributed by atoms with van der Waals surface area (Å²) in [6.07, 6.45) is 1.62. The number of carboxylic acids is 1. The van der Waals surface area contributed by atoms with Crippen LogP contribution in [0.15, 0.2) is 18.3 Å². The second-order valence-corrected chi connectivity index (χ2v) is 4.78. The molecular weight excluding hydrogens is 246 g/mol. The molecule has 0 saturated heterocycles. The number of nitriles is 1. The second kappa shape index (κ2) is 5.96. The Hall–Kier alpha value is -2.42. The summed E-state index contributed by atoms with van der Waals surface area (Å²) in [6, 6.07) is 4.88. The van der Waals surface area contributed by atoms with Gasteiger partial charge in [0.05, 0.1) is 5.56 Å². The highest BCUT2D eigenvalue weighted by molar-refractivity contribution is 5.92. The van der Waals surface area contributed by atoms with Gasteiger partial charge in [-0.25, -0.2) is 4.98 Å². The number of carboxylic acid groups (broad SMARTS) is 1. The fourth-order valence-electron chi connectivity index (χ4n) is 1.45. The van der Waals surface area contributed by atoms with E-state index in [-0.39, 0.29) is 18.0 Å². The minimum absolute atomic E-state index is 0.0198. The number of pyridine rings is 1. The van der Waals surface area contributed by atoms with Crippen LogP contribution in [0.25, 0.3) is 0 Å². The number of nitrogens with zero attached hydrogens (tertiary/aromatic N) is 2. The smallest absolute Gasteiger partial charge is 0.303 e. The maximum Gasteiger partial charge on any atom is 0.303 e. The highest BCUT2D eigenvalue weighted by Gasteiger charge is 2.22. The topological polar surface area (TPSA) is 103 Å². The molecule has 0 saturated carbocycles. The molecule has 2 N–H and O–H groups in total. The van der Waals surface area contributed by atoms with Crippen molar-refractivity contribution >= 4 is 11.9 Å². The lowest BCUT2D eigenvalue weighted by atomic mass is 9.98. The van der Waals surface area contributed by atoms with Gasteiger partial charge in [0.15, 0.2) is 0 Å². The zero-order valence-corrected chi connectivity index (χ0v) is 10.8. The van der Waals surface area contributed by atoms with E-state index >= 15 is 0 Å². The predicted molar refractivity (Wildman–Crippen MR) is 67.4 cm³/mol. The Labute approximate surface area is 111 Å². The molecule has 0 unspecified atom stereocenters. The second-order valence-electron chi connectivity index (χ2n) is 4.78. The Kier molecular flexibility index (Phi) is 4.59. The molecule has 6 heteroatoms. The van der Waals surface area contributed by atoms with Gasteiger partial charge in [-0.05, 0) is 32.4 Å². The molecule has 0 aliphatic rings. The van der Waals surface area contributed by atoms with Crippen LogP contribution >= 0.6 is 0 Å². The molecule has 1 rings (SSSR count). The largest absolute Gasteiger partial charge is 0.481 e. The summed E-state index contributed by atoms with van der Waals surface area (Å²) in [7, 11) is 0. The first-order valence-corrected chi connectivity index (χ1v) is 5.74. The predicted octanol–water partition coefficient (Wildman–Crippen LogP) is 1.33. The zero-order chi connectivity index (χ0) is 14.5. The van der Waals surface area contributed by atoms with E-state index in [4.69, 9.17) is 10.4 Å². The van der Waals surface area contributed by atoms with Gasteiger partial charge in [0.2, 0.25) is 0 Å². The number of carbonyl (C=O) groups is 2. The van der Waals surface area contributed by atoms with Crippen LogP contribution in [0.4, 0.5) is 0 Å². The highest BCUT2D eigenvalue weighted by atomic mass is 16.4. The standard InChI is InChI=1S/C13H15N3O3/c1-13(2,6-5-11(17)18)16-12(19)10-4-3-9(7-14)8-15-10/h3-4,8H,5-6H2,1-2H3,(H,16,19)(H,17,18). The van der Waals surface area contributed by atoms with E-state index in [0.717, 1.165) is 0 Å². The van der Waals surface area contributed by atoms with Gasteiger partial charge in [-0.3, -0.25) is 9.59 Å². The summed E-state index contributed by atoms with van der Waals surface area (Å²) >= 11 is 0. The molecule has 0 bridgehead atoms. The number of carbonyl (C=O) groups excluding carboxylic acids is 1. The molecule has 0 aliphatic carbocycles. The molecule has 0 atom stereocenters. The van der Waals surface area contributed by atoms with Crippen molar-refractivity contribution in [2.75, 3.05) is 0 Å². The van der Waals surface area contributed by atoms with E-state index in [1.807, 2.05) is 6.07 Å². The van der Waals surface area contributed by atoms with E-state index in [2.05, 4.69) is 10.3 Å². The van der Waals surface area contributed by atoms with Crippen molar-refractivity contribution in [2.24, 2.45) is 0 Å². The van der Waals surface area contributed by atoms with Gasteiger partial charge in [-0.15, -0.1) is 0 Å². The quantitative estimate of drug-likeness (QED) is 0.832. The summed E-state index contributed by atoms with van der Waals surface area (Å²) in [4.78, 5) is 26.3. The van der Waals surface area contributed by atoms with E-state index in [9.17, 15) is 9.59 Å². The third-order valence-electron chi connectivity index (χ3n) is 2.54. The third-order valence-corrected chi connectivity index (χ3v) is 2.54. The normalized spacial score (nSPS) is 10.6.